The summed E-state index contributed by atoms with van der Waals surface area (Å²) in [6.45, 7) is 0.314. The third-order valence-electron chi connectivity index (χ3n) is 5.16. The molecule has 0 radical (unpaired) electrons. The fourth-order valence-corrected chi connectivity index (χ4v) is 3.50. The van der Waals surface area contributed by atoms with Gasteiger partial charge < -0.3 is 14.2 Å². The number of nitro groups is 1. The fourth-order valence-electron chi connectivity index (χ4n) is 3.50. The summed E-state index contributed by atoms with van der Waals surface area (Å²) in [6.07, 6.45) is 5.70. The van der Waals surface area contributed by atoms with Crippen LogP contribution < -0.4 is 14.2 Å². The lowest BCUT2D eigenvalue weighted by molar-refractivity contribution is -0.384. The molecule has 1 aliphatic heterocycles. The minimum absolute atomic E-state index is 0.0359. The Balaban J connectivity index is 1.80. The van der Waals surface area contributed by atoms with Crippen molar-refractivity contribution in [3.8, 4) is 17.2 Å². The van der Waals surface area contributed by atoms with E-state index in [1.807, 2.05) is 0 Å². The summed E-state index contributed by atoms with van der Waals surface area (Å²) in [5.74, 6) is 0.560. The third-order valence-corrected chi connectivity index (χ3v) is 5.16. The van der Waals surface area contributed by atoms with Gasteiger partial charge in [-0.15, -0.1) is 0 Å². The van der Waals surface area contributed by atoms with Crippen LogP contribution in [-0.2, 0) is 9.59 Å². The Labute approximate surface area is 191 Å². The Morgan fingerprint density at radius 3 is 2.21 bits per heavy atom. The van der Waals surface area contributed by atoms with Crippen LogP contribution in [0.3, 0.4) is 0 Å². The van der Waals surface area contributed by atoms with Gasteiger partial charge in [0.1, 0.15) is 0 Å². The molecule has 0 aliphatic carbocycles. The number of hydrogen-bond acceptors (Lipinski definition) is 7. The zero-order valence-electron chi connectivity index (χ0n) is 18.6. The molecule has 9 nitrogen and oxygen atoms in total. The van der Waals surface area contributed by atoms with E-state index in [1.54, 1.807) is 18.2 Å². The topological polar surface area (TPSA) is 108 Å². The number of rotatable bonds is 7. The molecule has 0 saturated carbocycles. The van der Waals surface area contributed by atoms with Crippen LogP contribution in [0.4, 0.5) is 5.69 Å². The monoisotopic (exact) mass is 452 g/mol. The van der Waals surface area contributed by atoms with Crippen molar-refractivity contribution in [1.82, 2.24) is 4.90 Å². The normalized spacial score (nSPS) is 15.1. The number of carbonyl (C=O) groups is 2. The molecule has 0 unspecified atom stereocenters. The number of likely N-dealkylation sites (tertiary alicyclic amines) is 1. The van der Waals surface area contributed by atoms with Gasteiger partial charge in [-0.3, -0.25) is 24.6 Å². The van der Waals surface area contributed by atoms with Crippen LogP contribution in [-0.4, -0.2) is 49.5 Å². The summed E-state index contributed by atoms with van der Waals surface area (Å²) in [5.41, 5.74) is 1.76. The number of benzene rings is 2. The SMILES string of the molecule is COc1cc(/C=C2\CCCN(C(=O)/C=C/c3ccc([N+](=O)[O-])cc3)C2=O)cc(OC)c1OC. The summed E-state index contributed by atoms with van der Waals surface area (Å²) in [5, 5.41) is 10.8. The zero-order valence-corrected chi connectivity index (χ0v) is 18.6. The molecule has 0 atom stereocenters. The number of non-ortho nitro benzene ring substituents is 1. The average molecular weight is 452 g/mol. The van der Waals surface area contributed by atoms with E-state index < -0.39 is 10.8 Å². The van der Waals surface area contributed by atoms with Crippen molar-refractivity contribution in [1.29, 1.82) is 0 Å². The smallest absolute Gasteiger partial charge is 0.269 e. The summed E-state index contributed by atoms with van der Waals surface area (Å²) in [7, 11) is 4.53. The molecule has 0 spiro atoms. The highest BCUT2D eigenvalue weighted by Crippen LogP contribution is 2.39. The molecule has 33 heavy (non-hydrogen) atoms. The van der Waals surface area contributed by atoms with Crippen molar-refractivity contribution >= 4 is 29.7 Å². The molecule has 1 fully saturated rings. The summed E-state index contributed by atoms with van der Waals surface area (Å²) >= 11 is 0. The number of amides is 2. The molecule has 1 heterocycles. The van der Waals surface area contributed by atoms with Crippen molar-refractivity contribution < 1.29 is 28.7 Å². The van der Waals surface area contributed by atoms with Gasteiger partial charge in [0.2, 0.25) is 5.75 Å². The van der Waals surface area contributed by atoms with Gasteiger partial charge in [-0.05, 0) is 60.4 Å². The number of methoxy groups -OCH3 is 3. The van der Waals surface area contributed by atoms with Gasteiger partial charge in [-0.25, -0.2) is 0 Å². The molecule has 172 valence electrons. The molecular weight excluding hydrogens is 428 g/mol. The number of imide groups is 1. The molecule has 2 aromatic carbocycles. The second-order valence-electron chi connectivity index (χ2n) is 7.21. The Kier molecular flexibility index (Phi) is 7.45. The average Bonchev–Trinajstić information content (AvgIpc) is 2.83. The van der Waals surface area contributed by atoms with Gasteiger partial charge in [0.05, 0.1) is 26.3 Å². The van der Waals surface area contributed by atoms with Gasteiger partial charge in [0.15, 0.2) is 11.5 Å². The standard InChI is InChI=1S/C24H24N2O7/c1-31-20-14-17(15-21(32-2)23(20)33-3)13-18-5-4-12-25(24(18)28)22(27)11-8-16-6-9-19(10-7-16)26(29)30/h6-11,13-15H,4-5,12H2,1-3H3/b11-8+,18-13+. The molecule has 0 aromatic heterocycles. The number of carbonyl (C=O) groups excluding carboxylic acids is 2. The highest BCUT2D eigenvalue weighted by molar-refractivity contribution is 6.11. The van der Waals surface area contributed by atoms with E-state index in [-0.39, 0.29) is 11.6 Å². The van der Waals surface area contributed by atoms with E-state index in [0.717, 1.165) is 0 Å². The first-order chi connectivity index (χ1) is 15.9. The van der Waals surface area contributed by atoms with E-state index in [4.69, 9.17) is 14.2 Å². The number of nitrogens with zero attached hydrogens (tertiary/aromatic N) is 2. The van der Waals surface area contributed by atoms with Gasteiger partial charge >= 0.3 is 0 Å². The Morgan fingerprint density at radius 2 is 1.67 bits per heavy atom. The van der Waals surface area contributed by atoms with E-state index in [2.05, 4.69) is 0 Å². The van der Waals surface area contributed by atoms with E-state index in [0.29, 0.717) is 53.3 Å². The first kappa shape index (κ1) is 23.5. The Morgan fingerprint density at radius 1 is 1.03 bits per heavy atom. The third kappa shape index (κ3) is 5.38. The first-order valence-corrected chi connectivity index (χ1v) is 10.2. The lowest BCUT2D eigenvalue weighted by Gasteiger charge is -2.26. The second kappa shape index (κ2) is 10.4. The maximum Gasteiger partial charge on any atom is 0.269 e. The molecule has 2 aromatic rings. The maximum absolute atomic E-state index is 13.0. The highest BCUT2D eigenvalue weighted by Gasteiger charge is 2.27. The van der Waals surface area contributed by atoms with Crippen LogP contribution in [0.2, 0.25) is 0 Å². The molecule has 3 rings (SSSR count). The summed E-state index contributed by atoms with van der Waals surface area (Å²) in [4.78, 5) is 37.1. The van der Waals surface area contributed by atoms with E-state index in [1.165, 1.54) is 62.6 Å². The van der Waals surface area contributed by atoms with Gasteiger partial charge in [0.25, 0.3) is 17.5 Å². The van der Waals surface area contributed by atoms with Crippen molar-refractivity contribution in [2.24, 2.45) is 0 Å². The van der Waals surface area contributed by atoms with Crippen molar-refractivity contribution in [3.05, 3.63) is 69.3 Å². The van der Waals surface area contributed by atoms with Crippen molar-refractivity contribution in [2.75, 3.05) is 27.9 Å². The van der Waals surface area contributed by atoms with E-state index >= 15 is 0 Å². The predicted octanol–water partition coefficient (Wildman–Crippen LogP) is 3.87. The van der Waals surface area contributed by atoms with Gasteiger partial charge in [-0.1, -0.05) is 0 Å². The lowest BCUT2D eigenvalue weighted by Crippen LogP contribution is -2.40. The quantitative estimate of drug-likeness (QED) is 0.356. The van der Waals surface area contributed by atoms with Crippen LogP contribution in [0.25, 0.3) is 12.2 Å². The molecule has 1 saturated heterocycles. The molecular formula is C24H24N2O7. The van der Waals surface area contributed by atoms with Crippen LogP contribution in [0.15, 0.2) is 48.0 Å². The molecule has 2 amide bonds. The van der Waals surface area contributed by atoms with Crippen LogP contribution in [0.1, 0.15) is 24.0 Å². The van der Waals surface area contributed by atoms with Crippen LogP contribution >= 0.6 is 0 Å². The lowest BCUT2D eigenvalue weighted by atomic mass is 10.00. The largest absolute Gasteiger partial charge is 0.493 e. The minimum atomic E-state index is -0.493. The number of ether oxygens (including phenoxy) is 3. The zero-order chi connectivity index (χ0) is 24.0. The molecule has 0 N–H and O–H groups in total. The minimum Gasteiger partial charge on any atom is -0.493 e. The number of piperidine rings is 1. The molecule has 9 heteroatoms. The van der Waals surface area contributed by atoms with Crippen molar-refractivity contribution in [2.45, 2.75) is 12.8 Å². The fraction of sp³-hybridized carbons (Fsp3) is 0.250. The van der Waals surface area contributed by atoms with Crippen LogP contribution in [0.5, 0.6) is 17.2 Å². The first-order valence-electron chi connectivity index (χ1n) is 10.2. The van der Waals surface area contributed by atoms with Crippen molar-refractivity contribution in [3.63, 3.8) is 0 Å². The van der Waals surface area contributed by atoms with Gasteiger partial charge in [0, 0.05) is 30.3 Å². The summed E-state index contributed by atoms with van der Waals surface area (Å²) in [6, 6.07) is 9.25. The Hall–Kier alpha value is -4.14. The van der Waals surface area contributed by atoms with E-state index in [9.17, 15) is 19.7 Å². The number of hydrogen-bond donors (Lipinski definition) is 0. The highest BCUT2D eigenvalue weighted by atomic mass is 16.6. The van der Waals surface area contributed by atoms with Gasteiger partial charge in [-0.2, -0.15) is 0 Å². The maximum atomic E-state index is 13.0. The molecule has 1 aliphatic rings. The molecule has 0 bridgehead atoms. The summed E-state index contributed by atoms with van der Waals surface area (Å²) < 4.78 is 16.0. The Bertz CT molecular complexity index is 1100. The van der Waals surface area contributed by atoms with Crippen LogP contribution in [0, 0.1) is 10.1 Å². The second-order valence-corrected chi connectivity index (χ2v) is 7.21. The number of nitro benzene ring substituents is 1. The predicted molar refractivity (Wildman–Crippen MR) is 122 cm³/mol.